The van der Waals surface area contributed by atoms with Crippen LogP contribution in [0.4, 0.5) is 0 Å². The van der Waals surface area contributed by atoms with Gasteiger partial charge in [-0.25, -0.2) is 9.59 Å². The van der Waals surface area contributed by atoms with E-state index in [1.807, 2.05) is 19.9 Å². The summed E-state index contributed by atoms with van der Waals surface area (Å²) in [6.45, 7) is 6.57. The Hall–Kier alpha value is -2.19. The molecule has 0 bridgehead atoms. The number of thioether (sulfide) groups is 2. The number of carbonyl (C=O) groups excluding carboxylic acids is 5. The number of fused-ring (bicyclic) bond motifs is 2. The molecule has 3 N–H and O–H groups in total. The maximum absolute atomic E-state index is 13.1. The van der Waals surface area contributed by atoms with E-state index in [1.165, 1.54) is 33.3 Å². The lowest BCUT2D eigenvalue weighted by molar-refractivity contribution is -0.181. The minimum atomic E-state index is -0.952. The first kappa shape index (κ1) is 30.8. The minimum Gasteiger partial charge on any atom is -0.426 e. The lowest BCUT2D eigenvalue weighted by Crippen LogP contribution is -2.71. The zero-order valence-electron chi connectivity index (χ0n) is 22.1. The number of nitrogens with two attached hydrogens (primary N) is 1. The molecule has 4 fully saturated rings. The molecule has 3 amide bonds. The van der Waals surface area contributed by atoms with Crippen molar-refractivity contribution in [2.75, 3.05) is 6.79 Å². The van der Waals surface area contributed by atoms with Crippen molar-refractivity contribution >= 4 is 77.2 Å². The maximum Gasteiger partial charge on any atom is 0.333 e. The van der Waals surface area contributed by atoms with Crippen LogP contribution in [0.15, 0.2) is 30.3 Å². The summed E-state index contributed by atoms with van der Waals surface area (Å²) in [5, 5.41) is 1.24. The van der Waals surface area contributed by atoms with E-state index in [1.54, 1.807) is 38.1 Å². The van der Waals surface area contributed by atoms with Gasteiger partial charge in [0.15, 0.2) is 0 Å². The van der Waals surface area contributed by atoms with Crippen LogP contribution in [0.25, 0.3) is 0 Å². The Kier molecular flexibility index (Phi) is 8.38. The van der Waals surface area contributed by atoms with Crippen molar-refractivity contribution < 1.29 is 33.4 Å². The zero-order chi connectivity index (χ0) is 28.4. The van der Waals surface area contributed by atoms with Gasteiger partial charge in [-0.05, 0) is 33.3 Å². The monoisotopic (exact) mass is 632 g/mol. The first-order chi connectivity index (χ1) is 18.3. The number of hydrogen-bond donors (Lipinski definition) is 2. The highest BCUT2D eigenvalue weighted by molar-refractivity contribution is 8.02. The molecule has 4 saturated heterocycles. The van der Waals surface area contributed by atoms with E-state index in [9.17, 15) is 24.0 Å². The second kappa shape index (κ2) is 10.9. The lowest BCUT2D eigenvalue weighted by Gasteiger charge is -2.44. The van der Waals surface area contributed by atoms with Crippen LogP contribution < -0.4 is 11.1 Å². The molecule has 4 heterocycles. The van der Waals surface area contributed by atoms with Crippen molar-refractivity contribution in [1.29, 1.82) is 0 Å². The van der Waals surface area contributed by atoms with Crippen LogP contribution in [-0.2, 0) is 33.4 Å². The summed E-state index contributed by atoms with van der Waals surface area (Å²) in [6.07, 6.45) is 0. The van der Waals surface area contributed by atoms with E-state index in [4.69, 9.17) is 26.8 Å². The van der Waals surface area contributed by atoms with Crippen molar-refractivity contribution in [3.05, 3.63) is 35.9 Å². The predicted molar refractivity (Wildman–Crippen MR) is 151 cm³/mol. The smallest absolute Gasteiger partial charge is 0.333 e. The average molecular weight is 634 g/mol. The molecule has 40 heavy (non-hydrogen) atoms. The number of esters is 2. The Labute approximate surface area is 250 Å². The Balaban J connectivity index is 0.00000370. The first-order valence-electron chi connectivity index (χ1n) is 12.3. The normalized spacial score (nSPS) is 31.6. The molecule has 1 aromatic carbocycles. The van der Waals surface area contributed by atoms with Crippen LogP contribution >= 0.6 is 47.5 Å². The summed E-state index contributed by atoms with van der Waals surface area (Å²) in [4.78, 5) is 66.6. The first-order valence-corrected chi connectivity index (χ1v) is 14.5. The number of β-lactam (4-membered cyclic amide) rings is 2. The largest absolute Gasteiger partial charge is 0.426 e. The Morgan fingerprint density at radius 3 is 2.00 bits per heavy atom. The van der Waals surface area contributed by atoms with Gasteiger partial charge < -0.3 is 30.3 Å². The van der Waals surface area contributed by atoms with Crippen LogP contribution in [-0.4, -0.2) is 90.0 Å². The third kappa shape index (κ3) is 4.93. The van der Waals surface area contributed by atoms with E-state index in [0.29, 0.717) is 5.56 Å². The second-order valence-electron chi connectivity index (χ2n) is 10.8. The number of hydrogen-bond acceptors (Lipinski definition) is 10. The van der Waals surface area contributed by atoms with Gasteiger partial charge in [0.05, 0.1) is 0 Å². The highest BCUT2D eigenvalue weighted by Gasteiger charge is 2.65. The molecule has 0 aromatic heterocycles. The molecule has 0 radical (unpaired) electrons. The molecule has 0 spiro atoms. The third-order valence-corrected chi connectivity index (χ3v) is 11.1. The van der Waals surface area contributed by atoms with Gasteiger partial charge in [-0.15, -0.1) is 47.5 Å². The molecular formula is C25H30Cl2N4O7S2. The molecule has 5 rings (SSSR count). The molecule has 7 atom stereocenters. The predicted octanol–water partition coefficient (Wildman–Crippen LogP) is 1.37. The van der Waals surface area contributed by atoms with Crippen molar-refractivity contribution in [3.63, 3.8) is 0 Å². The molecule has 4 aliphatic rings. The molecule has 11 nitrogen and oxygen atoms in total. The van der Waals surface area contributed by atoms with E-state index in [0.717, 1.165) is 0 Å². The van der Waals surface area contributed by atoms with Gasteiger partial charge in [-0.2, -0.15) is 0 Å². The second-order valence-corrected chi connectivity index (χ2v) is 14.9. The van der Waals surface area contributed by atoms with Gasteiger partial charge in [-0.1, -0.05) is 30.3 Å². The maximum atomic E-state index is 13.1. The van der Waals surface area contributed by atoms with Gasteiger partial charge in [0.25, 0.3) is 0 Å². The van der Waals surface area contributed by atoms with Crippen LogP contribution in [0.1, 0.15) is 39.3 Å². The fraction of sp³-hybridized carbons (Fsp3) is 0.560. The average Bonchev–Trinajstić information content (AvgIpc) is 3.31. The number of ether oxygens (including phenoxy) is 2. The Morgan fingerprint density at radius 1 is 0.950 bits per heavy atom. The molecule has 218 valence electrons. The van der Waals surface area contributed by atoms with Crippen molar-refractivity contribution in [1.82, 2.24) is 15.1 Å². The number of halogens is 2. The number of nitrogens with one attached hydrogen (secondary N) is 1. The Morgan fingerprint density at radius 2 is 1.45 bits per heavy atom. The number of benzene rings is 1. The van der Waals surface area contributed by atoms with E-state index in [2.05, 4.69) is 5.32 Å². The number of amides is 3. The van der Waals surface area contributed by atoms with Crippen molar-refractivity contribution in [2.24, 2.45) is 5.73 Å². The number of alkyl halides is 1. The number of rotatable bonds is 7. The number of carbonyl (C=O) groups is 5. The fourth-order valence-electron chi connectivity index (χ4n) is 5.43. The van der Waals surface area contributed by atoms with E-state index >= 15 is 0 Å². The lowest BCUT2D eigenvalue weighted by atomic mass is 9.95. The molecule has 15 heteroatoms. The van der Waals surface area contributed by atoms with Crippen LogP contribution in [0.3, 0.4) is 0 Å². The summed E-state index contributed by atoms with van der Waals surface area (Å²) in [5.74, 6) is -2.69. The van der Waals surface area contributed by atoms with Crippen LogP contribution in [0, 0.1) is 0 Å². The molecular weight excluding hydrogens is 603 g/mol. The van der Waals surface area contributed by atoms with Crippen molar-refractivity contribution in [2.45, 2.75) is 77.5 Å². The summed E-state index contributed by atoms with van der Waals surface area (Å²) in [7, 11) is 0. The van der Waals surface area contributed by atoms with Crippen molar-refractivity contribution in [3.8, 4) is 0 Å². The van der Waals surface area contributed by atoms with Gasteiger partial charge in [-0.3, -0.25) is 14.4 Å². The number of nitrogens with zero attached hydrogens (tertiary/aromatic N) is 2. The Bertz CT molecular complexity index is 1240. The van der Waals surface area contributed by atoms with E-state index in [-0.39, 0.29) is 23.7 Å². The van der Waals surface area contributed by atoms with Gasteiger partial charge in [0, 0.05) is 9.49 Å². The highest BCUT2D eigenvalue weighted by atomic mass is 35.5. The minimum absolute atomic E-state index is 0. The fourth-order valence-corrected chi connectivity index (χ4v) is 8.98. The summed E-state index contributed by atoms with van der Waals surface area (Å²) < 4.78 is 9.13. The molecule has 0 saturated carbocycles. The third-order valence-electron chi connectivity index (χ3n) is 7.40. The van der Waals surface area contributed by atoms with Gasteiger partial charge in [0.1, 0.15) is 40.3 Å². The highest BCUT2D eigenvalue weighted by Crippen LogP contribution is 2.53. The standard InChI is InChI=1S/C25H29ClN4O7S2.ClH/c1-24(2)15(29-18(32)12(26)20(29)38-24)22(34)36-10-37-23(35)16-25(3,4)39-21-14(19(33)30(16)21)28-17(31)13(27)11-8-6-5-7-9-11;/h5-9,12-16,20-21H,10,27H2,1-4H3,(H,28,31);1H/t12-,13?,14-,15+,16+,20-,21-;/m1./s1. The zero-order valence-corrected chi connectivity index (χ0v) is 25.3. The van der Waals surface area contributed by atoms with Crippen LogP contribution in [0.5, 0.6) is 0 Å². The molecule has 1 aromatic rings. The molecule has 1 unspecified atom stereocenters. The molecule has 4 aliphatic heterocycles. The summed E-state index contributed by atoms with van der Waals surface area (Å²) >= 11 is 8.85. The SMILES string of the molecule is CC1(C)S[C@@H]2[C@H](Cl)C(=O)N2[C@H]1C(=O)OCOC(=O)[C@@H]1N2C(=O)[C@@H](NC(=O)C(N)c3ccccc3)[C@H]2SC1(C)C.Cl. The topological polar surface area (TPSA) is 148 Å². The summed E-state index contributed by atoms with van der Waals surface area (Å²) in [5.41, 5.74) is 6.68. The van der Waals surface area contributed by atoms with E-state index < -0.39 is 75.0 Å². The quantitative estimate of drug-likeness (QED) is 0.195. The van der Waals surface area contributed by atoms with Gasteiger partial charge >= 0.3 is 11.9 Å². The molecule has 0 aliphatic carbocycles. The van der Waals surface area contributed by atoms with Gasteiger partial charge in [0.2, 0.25) is 24.5 Å². The summed E-state index contributed by atoms with van der Waals surface area (Å²) in [6, 6.07) is 5.22. The van der Waals surface area contributed by atoms with Crippen LogP contribution in [0.2, 0.25) is 0 Å².